The van der Waals surface area contributed by atoms with Crippen LogP contribution in [-0.2, 0) is 26.0 Å². The standard InChI is InChI=1S/C28H23Cl3N2O3S/c29-19-8-10-24(36-16-17-7-9-22(30)23(31)12-17)18(13-19)14-33-28-26(21-5-1-2-6-25(21)37-28)27(34)32-15-20-4-3-11-35-20/h3-4,7-14H,1-2,5-6,15-16H2,(H,32,34). The Kier molecular flexibility index (Phi) is 8.20. The number of hydrogen-bond acceptors (Lipinski definition) is 5. The van der Waals surface area contributed by atoms with Gasteiger partial charge in [-0.25, -0.2) is 4.99 Å². The molecule has 1 N–H and O–H groups in total. The lowest BCUT2D eigenvalue weighted by Crippen LogP contribution is -2.23. The maximum atomic E-state index is 13.3. The van der Waals surface area contributed by atoms with Crippen LogP contribution in [0.5, 0.6) is 5.75 Å². The smallest absolute Gasteiger partial charge is 0.255 e. The number of benzene rings is 2. The molecule has 0 saturated heterocycles. The number of rotatable bonds is 8. The van der Waals surface area contributed by atoms with E-state index in [1.807, 2.05) is 12.1 Å². The molecule has 37 heavy (non-hydrogen) atoms. The molecule has 5 rings (SSSR count). The number of nitrogens with one attached hydrogen (secondary N) is 1. The predicted octanol–water partition coefficient (Wildman–Crippen LogP) is 8.44. The summed E-state index contributed by atoms with van der Waals surface area (Å²) < 4.78 is 11.4. The summed E-state index contributed by atoms with van der Waals surface area (Å²) in [6.45, 7) is 0.619. The van der Waals surface area contributed by atoms with Crippen molar-refractivity contribution < 1.29 is 13.9 Å². The van der Waals surface area contributed by atoms with Crippen molar-refractivity contribution in [2.24, 2.45) is 4.99 Å². The molecule has 1 amide bonds. The summed E-state index contributed by atoms with van der Waals surface area (Å²) in [7, 11) is 0. The van der Waals surface area contributed by atoms with E-state index >= 15 is 0 Å². The van der Waals surface area contributed by atoms with E-state index in [0.29, 0.717) is 55.9 Å². The molecular formula is C28H23Cl3N2O3S. The van der Waals surface area contributed by atoms with Crippen LogP contribution in [-0.4, -0.2) is 12.1 Å². The molecule has 0 unspecified atom stereocenters. The minimum absolute atomic E-state index is 0.148. The van der Waals surface area contributed by atoms with Crippen molar-refractivity contribution in [1.29, 1.82) is 0 Å². The van der Waals surface area contributed by atoms with Gasteiger partial charge in [0.2, 0.25) is 0 Å². The number of nitrogens with zero attached hydrogens (tertiary/aromatic N) is 1. The number of carbonyl (C=O) groups is 1. The number of carbonyl (C=O) groups excluding carboxylic acids is 1. The lowest BCUT2D eigenvalue weighted by Gasteiger charge is -2.12. The summed E-state index contributed by atoms with van der Waals surface area (Å²) >= 11 is 20.0. The van der Waals surface area contributed by atoms with E-state index in [-0.39, 0.29) is 5.91 Å². The molecule has 2 heterocycles. The monoisotopic (exact) mass is 572 g/mol. The zero-order valence-corrected chi connectivity index (χ0v) is 22.8. The Morgan fingerprint density at radius 1 is 1.08 bits per heavy atom. The first kappa shape index (κ1) is 25.9. The first-order valence-corrected chi connectivity index (χ1v) is 13.8. The number of furan rings is 1. The van der Waals surface area contributed by atoms with Gasteiger partial charge in [-0.3, -0.25) is 4.79 Å². The highest BCUT2D eigenvalue weighted by Gasteiger charge is 2.25. The largest absolute Gasteiger partial charge is 0.488 e. The Morgan fingerprint density at radius 3 is 2.76 bits per heavy atom. The van der Waals surface area contributed by atoms with Crippen LogP contribution in [0.1, 0.15) is 50.5 Å². The van der Waals surface area contributed by atoms with Crippen molar-refractivity contribution in [2.45, 2.75) is 38.8 Å². The molecule has 5 nitrogen and oxygen atoms in total. The lowest BCUT2D eigenvalue weighted by molar-refractivity contribution is 0.0948. The van der Waals surface area contributed by atoms with Gasteiger partial charge < -0.3 is 14.5 Å². The molecule has 4 aromatic rings. The summed E-state index contributed by atoms with van der Waals surface area (Å²) in [5.74, 6) is 1.17. The van der Waals surface area contributed by atoms with Gasteiger partial charge in [-0.2, -0.15) is 0 Å². The Labute approximate surface area is 234 Å². The SMILES string of the molecule is O=C(NCc1ccco1)c1c(N=Cc2cc(Cl)ccc2OCc2ccc(Cl)c(Cl)c2)sc2c1CCCC2. The fourth-order valence-corrected chi connectivity index (χ4v) is 5.95. The van der Waals surface area contributed by atoms with E-state index in [0.717, 1.165) is 36.8 Å². The number of ether oxygens (including phenoxy) is 1. The summed E-state index contributed by atoms with van der Waals surface area (Å²) in [5.41, 5.74) is 3.33. The Hall–Kier alpha value is -2.77. The van der Waals surface area contributed by atoms with Gasteiger partial charge in [0.15, 0.2) is 0 Å². The van der Waals surface area contributed by atoms with Crippen molar-refractivity contribution in [2.75, 3.05) is 0 Å². The average molecular weight is 574 g/mol. The van der Waals surface area contributed by atoms with Gasteiger partial charge in [0.05, 0.1) is 28.4 Å². The second-order valence-corrected chi connectivity index (χ2v) is 11.0. The molecule has 9 heteroatoms. The van der Waals surface area contributed by atoms with Gasteiger partial charge in [0, 0.05) is 21.7 Å². The normalized spacial score (nSPS) is 13.1. The van der Waals surface area contributed by atoms with Gasteiger partial charge in [0.1, 0.15) is 23.1 Å². The number of hydrogen-bond donors (Lipinski definition) is 1. The summed E-state index contributed by atoms with van der Waals surface area (Å²) in [6, 6.07) is 14.4. The van der Waals surface area contributed by atoms with Gasteiger partial charge in [-0.1, -0.05) is 40.9 Å². The fraction of sp³-hybridized carbons (Fsp3) is 0.214. The summed E-state index contributed by atoms with van der Waals surface area (Å²) in [5, 5.41) is 5.18. The van der Waals surface area contributed by atoms with Crippen LogP contribution in [0.15, 0.2) is 64.2 Å². The minimum Gasteiger partial charge on any atom is -0.488 e. The van der Waals surface area contributed by atoms with Crippen LogP contribution in [0.25, 0.3) is 0 Å². The summed E-state index contributed by atoms with van der Waals surface area (Å²) in [4.78, 5) is 19.2. The topological polar surface area (TPSA) is 63.8 Å². The average Bonchev–Trinajstić information content (AvgIpc) is 3.55. The molecule has 0 saturated carbocycles. The number of amides is 1. The van der Waals surface area contributed by atoms with E-state index in [1.165, 1.54) is 4.88 Å². The van der Waals surface area contributed by atoms with Crippen molar-refractivity contribution >= 4 is 63.3 Å². The highest BCUT2D eigenvalue weighted by atomic mass is 35.5. The molecule has 0 aliphatic heterocycles. The zero-order valence-electron chi connectivity index (χ0n) is 19.7. The third-order valence-electron chi connectivity index (χ3n) is 6.05. The number of aliphatic imine (C=N–C) groups is 1. The minimum atomic E-state index is -0.148. The molecule has 2 aromatic heterocycles. The molecule has 0 atom stereocenters. The third kappa shape index (κ3) is 6.21. The van der Waals surface area contributed by atoms with Gasteiger partial charge in [-0.05, 0) is 79.3 Å². The van der Waals surface area contributed by atoms with E-state index in [1.54, 1.807) is 60.2 Å². The number of halogens is 3. The second kappa shape index (κ2) is 11.7. The van der Waals surface area contributed by atoms with Crippen LogP contribution in [0.4, 0.5) is 5.00 Å². The van der Waals surface area contributed by atoms with Crippen LogP contribution in [0, 0.1) is 0 Å². The molecule has 190 valence electrons. The highest BCUT2D eigenvalue weighted by Crippen LogP contribution is 2.40. The van der Waals surface area contributed by atoms with Crippen molar-refractivity contribution in [1.82, 2.24) is 5.32 Å². The number of fused-ring (bicyclic) bond motifs is 1. The van der Waals surface area contributed by atoms with E-state index < -0.39 is 0 Å². The van der Waals surface area contributed by atoms with Crippen LogP contribution in [0.3, 0.4) is 0 Å². The van der Waals surface area contributed by atoms with Crippen molar-refractivity contribution in [3.05, 3.63) is 103 Å². The number of thiophene rings is 1. The van der Waals surface area contributed by atoms with Crippen molar-refractivity contribution in [3.8, 4) is 5.75 Å². The Morgan fingerprint density at radius 2 is 1.95 bits per heavy atom. The first-order valence-electron chi connectivity index (χ1n) is 11.8. The first-order chi connectivity index (χ1) is 18.0. The predicted molar refractivity (Wildman–Crippen MR) is 150 cm³/mol. The lowest BCUT2D eigenvalue weighted by atomic mass is 9.95. The van der Waals surface area contributed by atoms with Gasteiger partial charge in [0.25, 0.3) is 5.91 Å². The molecule has 1 aliphatic rings. The maximum Gasteiger partial charge on any atom is 0.255 e. The molecular weight excluding hydrogens is 551 g/mol. The Bertz CT molecular complexity index is 1450. The molecule has 0 fully saturated rings. The third-order valence-corrected chi connectivity index (χ3v) is 8.23. The van der Waals surface area contributed by atoms with Crippen LogP contribution in [0.2, 0.25) is 15.1 Å². The van der Waals surface area contributed by atoms with E-state index in [4.69, 9.17) is 48.9 Å². The molecule has 0 bridgehead atoms. The molecule has 0 radical (unpaired) electrons. The molecule has 2 aromatic carbocycles. The molecule has 0 spiro atoms. The Balaban J connectivity index is 1.40. The van der Waals surface area contributed by atoms with E-state index in [2.05, 4.69) is 5.32 Å². The zero-order chi connectivity index (χ0) is 25.8. The summed E-state index contributed by atoms with van der Waals surface area (Å²) in [6.07, 6.45) is 7.31. The van der Waals surface area contributed by atoms with Gasteiger partial charge >= 0.3 is 0 Å². The van der Waals surface area contributed by atoms with Gasteiger partial charge in [-0.15, -0.1) is 11.3 Å². The van der Waals surface area contributed by atoms with E-state index in [9.17, 15) is 4.79 Å². The van der Waals surface area contributed by atoms with Crippen molar-refractivity contribution in [3.63, 3.8) is 0 Å². The quantitative estimate of drug-likeness (QED) is 0.215. The second-order valence-electron chi connectivity index (χ2n) is 8.63. The van der Waals surface area contributed by atoms with Crippen LogP contribution < -0.4 is 10.1 Å². The molecule has 1 aliphatic carbocycles. The maximum absolute atomic E-state index is 13.3. The highest BCUT2D eigenvalue weighted by molar-refractivity contribution is 7.16. The van der Waals surface area contributed by atoms with Crippen LogP contribution >= 0.6 is 46.1 Å². The number of aryl methyl sites for hydroxylation is 1. The fourth-order valence-electron chi connectivity index (χ4n) is 4.22.